The van der Waals surface area contributed by atoms with Gasteiger partial charge in [0, 0.05) is 37.8 Å². The highest BCUT2D eigenvalue weighted by atomic mass is 32.2. The Kier molecular flexibility index (Phi) is 8.34. The first kappa shape index (κ1) is 20.7. The molecule has 0 bridgehead atoms. The van der Waals surface area contributed by atoms with Gasteiger partial charge in [0.1, 0.15) is 0 Å². The standard InChI is InChI=1S/C18H27N3O4S/c1-14(2)5-12-26-17-4-3-15(13-16(17)21(23)24)18(22)19-6-7-20-8-10-25-11-9-20/h3-4,13-14H,5-12H2,1-2H3,(H,19,22). The van der Waals surface area contributed by atoms with E-state index in [2.05, 4.69) is 24.1 Å². The maximum absolute atomic E-state index is 12.3. The van der Waals surface area contributed by atoms with Crippen molar-refractivity contribution in [3.63, 3.8) is 0 Å². The Morgan fingerprint density at radius 1 is 1.38 bits per heavy atom. The first-order valence-electron chi connectivity index (χ1n) is 8.97. The zero-order chi connectivity index (χ0) is 18.9. The van der Waals surface area contributed by atoms with E-state index in [0.717, 1.165) is 45.0 Å². The lowest BCUT2D eigenvalue weighted by molar-refractivity contribution is -0.387. The molecule has 0 spiro atoms. The van der Waals surface area contributed by atoms with Crippen LogP contribution in [0.5, 0.6) is 0 Å². The maximum Gasteiger partial charge on any atom is 0.283 e. The van der Waals surface area contributed by atoms with Gasteiger partial charge in [-0.15, -0.1) is 11.8 Å². The second kappa shape index (κ2) is 10.5. The first-order valence-corrected chi connectivity index (χ1v) is 9.95. The van der Waals surface area contributed by atoms with E-state index >= 15 is 0 Å². The SMILES string of the molecule is CC(C)CCSc1ccc(C(=O)NCCN2CCOCC2)cc1[N+](=O)[O-]. The van der Waals surface area contributed by atoms with Crippen LogP contribution in [0.25, 0.3) is 0 Å². The lowest BCUT2D eigenvalue weighted by atomic mass is 10.2. The molecule has 0 radical (unpaired) electrons. The highest BCUT2D eigenvalue weighted by Gasteiger charge is 2.18. The lowest BCUT2D eigenvalue weighted by Gasteiger charge is -2.26. The van der Waals surface area contributed by atoms with Gasteiger partial charge in [-0.05, 0) is 30.2 Å². The highest BCUT2D eigenvalue weighted by molar-refractivity contribution is 7.99. The van der Waals surface area contributed by atoms with Crippen LogP contribution in [-0.4, -0.2) is 60.9 Å². The van der Waals surface area contributed by atoms with Crippen molar-refractivity contribution < 1.29 is 14.5 Å². The van der Waals surface area contributed by atoms with Gasteiger partial charge in [-0.2, -0.15) is 0 Å². The molecule has 1 amide bonds. The largest absolute Gasteiger partial charge is 0.379 e. The van der Waals surface area contributed by atoms with E-state index in [0.29, 0.717) is 22.9 Å². The zero-order valence-corrected chi connectivity index (χ0v) is 16.2. The van der Waals surface area contributed by atoms with Gasteiger partial charge in [0.2, 0.25) is 0 Å². The molecule has 26 heavy (non-hydrogen) atoms. The molecule has 1 aliphatic heterocycles. The Labute approximate surface area is 158 Å². The van der Waals surface area contributed by atoms with Crippen LogP contribution in [0.3, 0.4) is 0 Å². The fraction of sp³-hybridized carbons (Fsp3) is 0.611. The van der Waals surface area contributed by atoms with E-state index < -0.39 is 4.92 Å². The number of nitro groups is 1. The number of morpholine rings is 1. The molecule has 0 unspecified atom stereocenters. The smallest absolute Gasteiger partial charge is 0.283 e. The van der Waals surface area contributed by atoms with Crippen LogP contribution < -0.4 is 5.32 Å². The summed E-state index contributed by atoms with van der Waals surface area (Å²) in [5.74, 6) is 1.10. The third-order valence-electron chi connectivity index (χ3n) is 4.19. The Balaban J connectivity index is 1.91. The Morgan fingerprint density at radius 2 is 2.12 bits per heavy atom. The van der Waals surface area contributed by atoms with Crippen molar-refractivity contribution in [1.29, 1.82) is 0 Å². The predicted molar refractivity (Wildman–Crippen MR) is 103 cm³/mol. The molecule has 1 saturated heterocycles. The Bertz CT molecular complexity index is 618. The first-order chi connectivity index (χ1) is 12.5. The summed E-state index contributed by atoms with van der Waals surface area (Å²) in [6, 6.07) is 4.72. The van der Waals surface area contributed by atoms with Crippen LogP contribution in [0.4, 0.5) is 5.69 Å². The van der Waals surface area contributed by atoms with Gasteiger partial charge in [-0.25, -0.2) is 0 Å². The fourth-order valence-corrected chi connectivity index (χ4v) is 3.84. The van der Waals surface area contributed by atoms with Gasteiger partial charge in [-0.1, -0.05) is 13.8 Å². The normalized spacial score (nSPS) is 15.2. The molecule has 8 heteroatoms. The van der Waals surface area contributed by atoms with Crippen molar-refractivity contribution in [3.8, 4) is 0 Å². The van der Waals surface area contributed by atoms with Gasteiger partial charge in [0.25, 0.3) is 11.6 Å². The van der Waals surface area contributed by atoms with Gasteiger partial charge < -0.3 is 10.1 Å². The van der Waals surface area contributed by atoms with Crippen LogP contribution in [0, 0.1) is 16.0 Å². The molecule has 2 rings (SSSR count). The molecule has 7 nitrogen and oxygen atoms in total. The van der Waals surface area contributed by atoms with Gasteiger partial charge in [-0.3, -0.25) is 19.8 Å². The number of carbonyl (C=O) groups excluding carboxylic acids is 1. The molecule has 0 aromatic heterocycles. The summed E-state index contributed by atoms with van der Waals surface area (Å²) in [4.78, 5) is 26.1. The predicted octanol–water partition coefficient (Wildman–Crippen LogP) is 2.80. The summed E-state index contributed by atoms with van der Waals surface area (Å²) in [5.41, 5.74) is 0.325. The van der Waals surface area contributed by atoms with Crippen LogP contribution in [0.2, 0.25) is 0 Å². The lowest BCUT2D eigenvalue weighted by Crippen LogP contribution is -2.41. The number of hydrogen-bond donors (Lipinski definition) is 1. The van der Waals surface area contributed by atoms with E-state index in [9.17, 15) is 14.9 Å². The molecular weight excluding hydrogens is 354 g/mol. The summed E-state index contributed by atoms with van der Waals surface area (Å²) in [6.45, 7) is 8.68. The topological polar surface area (TPSA) is 84.7 Å². The highest BCUT2D eigenvalue weighted by Crippen LogP contribution is 2.31. The van der Waals surface area contributed by atoms with Crippen molar-refractivity contribution in [2.45, 2.75) is 25.2 Å². The average Bonchev–Trinajstić information content (AvgIpc) is 2.62. The molecule has 144 valence electrons. The summed E-state index contributed by atoms with van der Waals surface area (Å²) in [5, 5.41) is 14.2. The second-order valence-corrected chi connectivity index (χ2v) is 7.82. The summed E-state index contributed by atoms with van der Waals surface area (Å²) >= 11 is 1.47. The van der Waals surface area contributed by atoms with E-state index in [1.165, 1.54) is 17.8 Å². The molecule has 1 heterocycles. The molecule has 1 N–H and O–H groups in total. The number of benzene rings is 1. The quantitative estimate of drug-likeness (QED) is 0.402. The maximum atomic E-state index is 12.3. The van der Waals surface area contributed by atoms with Crippen LogP contribution in [-0.2, 0) is 4.74 Å². The molecule has 0 aliphatic carbocycles. The molecule has 1 fully saturated rings. The molecule has 1 aliphatic rings. The van der Waals surface area contributed by atoms with E-state index in [4.69, 9.17) is 4.74 Å². The van der Waals surface area contributed by atoms with E-state index in [1.54, 1.807) is 12.1 Å². The van der Waals surface area contributed by atoms with Crippen molar-refractivity contribution in [2.24, 2.45) is 5.92 Å². The zero-order valence-electron chi connectivity index (χ0n) is 15.4. The van der Waals surface area contributed by atoms with E-state index in [1.807, 2.05) is 0 Å². The molecule has 0 atom stereocenters. The summed E-state index contributed by atoms with van der Waals surface area (Å²) < 4.78 is 5.29. The Hall–Kier alpha value is -1.64. The van der Waals surface area contributed by atoms with Gasteiger partial charge in [0.05, 0.1) is 23.0 Å². The average molecular weight is 381 g/mol. The van der Waals surface area contributed by atoms with Crippen LogP contribution >= 0.6 is 11.8 Å². The fourth-order valence-electron chi connectivity index (χ4n) is 2.58. The summed E-state index contributed by atoms with van der Waals surface area (Å²) in [6.07, 6.45) is 0.992. The minimum absolute atomic E-state index is 0.000384. The number of amides is 1. The van der Waals surface area contributed by atoms with Gasteiger partial charge in [0.15, 0.2) is 0 Å². The summed E-state index contributed by atoms with van der Waals surface area (Å²) in [7, 11) is 0. The third-order valence-corrected chi connectivity index (χ3v) is 5.28. The molecule has 0 saturated carbocycles. The third kappa shape index (κ3) is 6.59. The van der Waals surface area contributed by atoms with Crippen LogP contribution in [0.15, 0.2) is 23.1 Å². The number of ether oxygens (including phenoxy) is 1. The number of hydrogen-bond acceptors (Lipinski definition) is 6. The van der Waals surface area contributed by atoms with Crippen molar-refractivity contribution >= 4 is 23.4 Å². The van der Waals surface area contributed by atoms with Crippen molar-refractivity contribution in [2.75, 3.05) is 45.1 Å². The van der Waals surface area contributed by atoms with Crippen LogP contribution in [0.1, 0.15) is 30.6 Å². The molecule has 1 aromatic carbocycles. The minimum atomic E-state index is -0.414. The van der Waals surface area contributed by atoms with Crippen molar-refractivity contribution in [3.05, 3.63) is 33.9 Å². The Morgan fingerprint density at radius 3 is 2.77 bits per heavy atom. The van der Waals surface area contributed by atoms with Crippen molar-refractivity contribution in [1.82, 2.24) is 10.2 Å². The molecular formula is C18H27N3O4S. The number of nitrogens with zero attached hydrogens (tertiary/aromatic N) is 2. The number of thioether (sulfide) groups is 1. The van der Waals surface area contributed by atoms with E-state index in [-0.39, 0.29) is 11.6 Å². The number of nitro benzene ring substituents is 1. The second-order valence-electron chi connectivity index (χ2n) is 6.68. The number of carbonyl (C=O) groups is 1. The number of nitrogens with one attached hydrogen (secondary N) is 1. The number of rotatable bonds is 9. The van der Waals surface area contributed by atoms with Gasteiger partial charge >= 0.3 is 0 Å². The molecule has 1 aromatic rings. The minimum Gasteiger partial charge on any atom is -0.379 e. The monoisotopic (exact) mass is 381 g/mol.